The molecule has 1 atom stereocenters. The molecule has 2 aliphatic rings. The maximum absolute atomic E-state index is 14.5. The van der Waals surface area contributed by atoms with Gasteiger partial charge in [0.05, 0.1) is 35.5 Å². The summed E-state index contributed by atoms with van der Waals surface area (Å²) < 4.78 is 26.6. The van der Waals surface area contributed by atoms with Crippen molar-refractivity contribution >= 4 is 39.9 Å². The van der Waals surface area contributed by atoms with Crippen molar-refractivity contribution in [1.82, 2.24) is 19.8 Å². The molecule has 8 nitrogen and oxygen atoms in total. The fraction of sp³-hybridized carbons (Fsp3) is 0.444. The molecule has 1 amide bonds. The number of carbonyl (C=O) groups excluding carboxylic acids is 1. The van der Waals surface area contributed by atoms with Gasteiger partial charge in [-0.3, -0.25) is 9.69 Å². The minimum atomic E-state index is -0.550. The molecule has 0 bridgehead atoms. The number of anilines is 2. The molecule has 1 saturated heterocycles. The molecule has 2 fully saturated rings. The molecule has 1 aromatic heterocycles. The Morgan fingerprint density at radius 3 is 2.62 bits per heavy atom. The molecule has 0 spiro atoms. The van der Waals surface area contributed by atoms with Crippen molar-refractivity contribution in [3.05, 3.63) is 47.5 Å². The van der Waals surface area contributed by atoms with Crippen LogP contribution in [0.3, 0.4) is 0 Å². The van der Waals surface area contributed by atoms with Crippen molar-refractivity contribution < 1.29 is 18.7 Å². The van der Waals surface area contributed by atoms with Gasteiger partial charge < -0.3 is 19.7 Å². The first kappa shape index (κ1) is 25.5. The van der Waals surface area contributed by atoms with Gasteiger partial charge in [-0.1, -0.05) is 17.7 Å². The Bertz CT molecular complexity index is 1300. The lowest BCUT2D eigenvalue weighted by molar-refractivity contribution is -0.142. The normalized spacial score (nSPS) is 22.8. The molecule has 37 heavy (non-hydrogen) atoms. The maximum Gasteiger partial charge on any atom is 0.239 e. The third kappa shape index (κ3) is 5.15. The molecule has 10 heteroatoms. The van der Waals surface area contributed by atoms with E-state index in [0.717, 1.165) is 38.8 Å². The summed E-state index contributed by atoms with van der Waals surface area (Å²) in [5.41, 5.74) is 0.854. The summed E-state index contributed by atoms with van der Waals surface area (Å²) in [5.74, 6) is 1.56. The van der Waals surface area contributed by atoms with E-state index in [2.05, 4.69) is 20.2 Å². The second-order valence-electron chi connectivity index (χ2n) is 9.81. The van der Waals surface area contributed by atoms with E-state index in [1.54, 1.807) is 25.3 Å². The number of nitrogens with one attached hydrogen (secondary N) is 1. The van der Waals surface area contributed by atoms with Crippen molar-refractivity contribution in [2.75, 3.05) is 39.6 Å². The second kappa shape index (κ2) is 10.7. The lowest BCUT2D eigenvalue weighted by atomic mass is 9.81. The Morgan fingerprint density at radius 2 is 1.86 bits per heavy atom. The highest BCUT2D eigenvalue weighted by molar-refractivity contribution is 6.31. The third-order valence-corrected chi connectivity index (χ3v) is 7.77. The van der Waals surface area contributed by atoms with Gasteiger partial charge in [0.1, 0.15) is 12.1 Å². The Hall–Kier alpha value is -3.17. The average molecular weight is 528 g/mol. The number of rotatable bonds is 6. The molecule has 2 aromatic carbocycles. The number of nitrogens with zero attached hydrogens (tertiary/aromatic N) is 4. The van der Waals surface area contributed by atoms with Crippen LogP contribution in [0.5, 0.6) is 11.5 Å². The van der Waals surface area contributed by atoms with Crippen LogP contribution in [0.4, 0.5) is 15.9 Å². The number of ether oxygens (including phenoxy) is 2. The monoisotopic (exact) mass is 527 g/mol. The quantitative estimate of drug-likeness (QED) is 0.489. The number of halogens is 2. The van der Waals surface area contributed by atoms with E-state index in [1.165, 1.54) is 12.4 Å². The van der Waals surface area contributed by atoms with Gasteiger partial charge in [-0.2, -0.15) is 0 Å². The lowest BCUT2D eigenvalue weighted by Gasteiger charge is -2.43. The van der Waals surface area contributed by atoms with Crippen LogP contribution in [-0.2, 0) is 4.79 Å². The van der Waals surface area contributed by atoms with Crippen LogP contribution in [0.1, 0.15) is 25.7 Å². The largest absolute Gasteiger partial charge is 0.493 e. The smallest absolute Gasteiger partial charge is 0.239 e. The Kier molecular flexibility index (Phi) is 7.35. The van der Waals surface area contributed by atoms with Crippen molar-refractivity contribution in [2.24, 2.45) is 5.92 Å². The standard InChI is InChI=1S/C27H31ClFN5O3/c1-33-11-12-34(2)27(35)25(33)16-7-9-17(10-8-16)37-23-13-18-21(14-22(23)36-3)30-15-31-26(18)32-20-6-4-5-19(28)24(20)29/h4-6,13-17,25H,7-12H2,1-3H3,(H,30,31,32). The second-order valence-corrected chi connectivity index (χ2v) is 10.2. The van der Waals surface area contributed by atoms with E-state index in [9.17, 15) is 9.18 Å². The highest BCUT2D eigenvalue weighted by atomic mass is 35.5. The van der Waals surface area contributed by atoms with Gasteiger partial charge in [-0.05, 0) is 56.8 Å². The molecular formula is C27H31ClFN5O3. The van der Waals surface area contributed by atoms with E-state index >= 15 is 0 Å². The summed E-state index contributed by atoms with van der Waals surface area (Å²) in [6.45, 7) is 1.67. The first-order valence-electron chi connectivity index (χ1n) is 12.5. The Balaban J connectivity index is 1.35. The molecule has 1 saturated carbocycles. The molecule has 1 unspecified atom stereocenters. The molecule has 5 rings (SSSR count). The number of aromatic nitrogens is 2. The number of carbonyl (C=O) groups is 1. The zero-order chi connectivity index (χ0) is 26.1. The van der Waals surface area contributed by atoms with Crippen LogP contribution in [0.25, 0.3) is 10.9 Å². The van der Waals surface area contributed by atoms with E-state index < -0.39 is 5.82 Å². The van der Waals surface area contributed by atoms with Gasteiger partial charge in [0, 0.05) is 31.6 Å². The lowest BCUT2D eigenvalue weighted by Crippen LogP contribution is -2.57. The van der Waals surface area contributed by atoms with Crippen molar-refractivity contribution in [2.45, 2.75) is 37.8 Å². The van der Waals surface area contributed by atoms with Gasteiger partial charge in [0.25, 0.3) is 0 Å². The van der Waals surface area contributed by atoms with E-state index in [4.69, 9.17) is 21.1 Å². The number of piperazine rings is 1. The topological polar surface area (TPSA) is 79.8 Å². The number of hydrogen-bond donors (Lipinski definition) is 1. The van der Waals surface area contributed by atoms with Gasteiger partial charge in [-0.25, -0.2) is 14.4 Å². The van der Waals surface area contributed by atoms with Crippen LogP contribution in [-0.4, -0.2) is 72.1 Å². The Labute approximate surface area is 220 Å². The van der Waals surface area contributed by atoms with Crippen LogP contribution in [0.15, 0.2) is 36.7 Å². The number of hydrogen-bond acceptors (Lipinski definition) is 7. The van der Waals surface area contributed by atoms with Crippen LogP contribution in [0, 0.1) is 11.7 Å². The van der Waals surface area contributed by atoms with Gasteiger partial charge in [0.15, 0.2) is 17.3 Å². The third-order valence-electron chi connectivity index (χ3n) is 7.48. The summed E-state index contributed by atoms with van der Waals surface area (Å²) >= 11 is 5.95. The number of methoxy groups -OCH3 is 1. The predicted octanol–water partition coefficient (Wildman–Crippen LogP) is 4.88. The number of benzene rings is 2. The summed E-state index contributed by atoms with van der Waals surface area (Å²) in [7, 11) is 5.52. The van der Waals surface area contributed by atoms with Gasteiger partial charge >= 0.3 is 0 Å². The van der Waals surface area contributed by atoms with Crippen molar-refractivity contribution in [3.8, 4) is 11.5 Å². The van der Waals surface area contributed by atoms with Gasteiger partial charge in [-0.15, -0.1) is 0 Å². The minimum Gasteiger partial charge on any atom is -0.493 e. The summed E-state index contributed by atoms with van der Waals surface area (Å²) in [6, 6.07) is 8.32. The van der Waals surface area contributed by atoms with Crippen LogP contribution >= 0.6 is 11.6 Å². The molecule has 196 valence electrons. The fourth-order valence-corrected chi connectivity index (χ4v) is 5.55. The molecule has 3 aromatic rings. The molecule has 1 aliphatic carbocycles. The average Bonchev–Trinajstić information content (AvgIpc) is 2.90. The van der Waals surface area contributed by atoms with Crippen LogP contribution < -0.4 is 14.8 Å². The zero-order valence-corrected chi connectivity index (χ0v) is 22.0. The maximum atomic E-state index is 14.5. The number of likely N-dealkylation sites (N-methyl/N-ethyl adjacent to an activating group) is 2. The first-order chi connectivity index (χ1) is 17.9. The highest BCUT2D eigenvalue weighted by Gasteiger charge is 2.39. The fourth-order valence-electron chi connectivity index (χ4n) is 5.38. The SMILES string of the molecule is COc1cc2ncnc(Nc3cccc(Cl)c3F)c2cc1OC1CCC(C2C(=O)N(C)CCN2C)CC1. The first-order valence-corrected chi connectivity index (χ1v) is 12.9. The molecule has 2 heterocycles. The van der Waals surface area contributed by atoms with Crippen LogP contribution in [0.2, 0.25) is 5.02 Å². The van der Waals surface area contributed by atoms with E-state index in [0.29, 0.717) is 34.1 Å². The minimum absolute atomic E-state index is 0.00394. The highest BCUT2D eigenvalue weighted by Crippen LogP contribution is 2.39. The predicted molar refractivity (Wildman–Crippen MR) is 141 cm³/mol. The molecular weight excluding hydrogens is 497 g/mol. The van der Waals surface area contributed by atoms with Crippen molar-refractivity contribution in [3.63, 3.8) is 0 Å². The van der Waals surface area contributed by atoms with E-state index in [1.807, 2.05) is 25.1 Å². The summed E-state index contributed by atoms with van der Waals surface area (Å²) in [5, 5.41) is 3.73. The molecule has 1 aliphatic heterocycles. The number of fused-ring (bicyclic) bond motifs is 1. The molecule has 1 N–H and O–H groups in total. The Morgan fingerprint density at radius 1 is 1.08 bits per heavy atom. The summed E-state index contributed by atoms with van der Waals surface area (Å²) in [4.78, 5) is 25.5. The van der Waals surface area contributed by atoms with E-state index in [-0.39, 0.29) is 28.8 Å². The van der Waals surface area contributed by atoms with Gasteiger partial charge in [0.2, 0.25) is 5.91 Å². The zero-order valence-electron chi connectivity index (χ0n) is 21.2. The molecule has 0 radical (unpaired) electrons. The number of amides is 1. The van der Waals surface area contributed by atoms with Crippen molar-refractivity contribution in [1.29, 1.82) is 0 Å². The summed E-state index contributed by atoms with van der Waals surface area (Å²) in [6.07, 6.45) is 4.93.